The number of piperidine rings is 1. The van der Waals surface area contributed by atoms with Gasteiger partial charge < -0.3 is 5.11 Å². The molecule has 98 valence electrons. The van der Waals surface area contributed by atoms with Gasteiger partial charge in [0.25, 0.3) is 0 Å². The number of aliphatic carboxylic acids is 1. The van der Waals surface area contributed by atoms with Crippen LogP contribution >= 0.6 is 0 Å². The molecule has 0 aromatic heterocycles. The van der Waals surface area contributed by atoms with Crippen molar-refractivity contribution in [1.82, 2.24) is 4.90 Å². The second kappa shape index (κ2) is 5.38. The molecular weight excluding hydrogens is 214 g/mol. The highest BCUT2D eigenvalue weighted by Crippen LogP contribution is 2.39. The van der Waals surface area contributed by atoms with E-state index < -0.39 is 5.97 Å². The lowest BCUT2D eigenvalue weighted by atomic mass is 9.75. The number of carboxylic acid groups (broad SMARTS) is 1. The fourth-order valence-electron chi connectivity index (χ4n) is 3.77. The minimum Gasteiger partial charge on any atom is -0.480 e. The summed E-state index contributed by atoms with van der Waals surface area (Å²) in [6.45, 7) is 4.35. The zero-order chi connectivity index (χ0) is 12.4. The average Bonchev–Trinajstić information content (AvgIpc) is 2.36. The Labute approximate surface area is 104 Å². The Morgan fingerprint density at radius 3 is 2.65 bits per heavy atom. The lowest BCUT2D eigenvalue weighted by Gasteiger charge is -2.49. The van der Waals surface area contributed by atoms with Crippen molar-refractivity contribution in [2.75, 3.05) is 0 Å². The standard InChI is InChI=1S/C14H25NO2/c1-3-10(2)15-12-7-5-4-6-11(12)8-9-13(15)14(16)17/h10-13H,3-9H2,1-2H3,(H,16,17). The molecule has 17 heavy (non-hydrogen) atoms. The lowest BCUT2D eigenvalue weighted by molar-refractivity contribution is -0.150. The van der Waals surface area contributed by atoms with Gasteiger partial charge >= 0.3 is 5.97 Å². The molecule has 3 nitrogen and oxygen atoms in total. The van der Waals surface area contributed by atoms with Gasteiger partial charge in [-0.1, -0.05) is 19.8 Å². The number of fused-ring (bicyclic) bond motifs is 1. The van der Waals surface area contributed by atoms with Gasteiger partial charge in [0.1, 0.15) is 6.04 Å². The van der Waals surface area contributed by atoms with Crippen LogP contribution in [-0.4, -0.2) is 34.1 Å². The van der Waals surface area contributed by atoms with Crippen LogP contribution in [0.3, 0.4) is 0 Å². The number of carboxylic acids is 1. The van der Waals surface area contributed by atoms with E-state index in [1.165, 1.54) is 25.7 Å². The summed E-state index contributed by atoms with van der Waals surface area (Å²) in [5.74, 6) is 0.141. The number of likely N-dealkylation sites (tertiary alicyclic amines) is 1. The van der Waals surface area contributed by atoms with Gasteiger partial charge in [0.2, 0.25) is 0 Å². The summed E-state index contributed by atoms with van der Waals surface area (Å²) in [4.78, 5) is 13.7. The van der Waals surface area contributed by atoms with E-state index in [1.54, 1.807) is 0 Å². The average molecular weight is 239 g/mol. The predicted molar refractivity (Wildman–Crippen MR) is 68.0 cm³/mol. The van der Waals surface area contributed by atoms with Crippen molar-refractivity contribution in [2.45, 2.75) is 76.9 Å². The van der Waals surface area contributed by atoms with E-state index in [-0.39, 0.29) is 6.04 Å². The Balaban J connectivity index is 2.18. The third kappa shape index (κ3) is 2.49. The Bertz CT molecular complexity index is 279. The lowest BCUT2D eigenvalue weighted by Crippen LogP contribution is -2.58. The van der Waals surface area contributed by atoms with E-state index in [9.17, 15) is 9.90 Å². The molecule has 0 aromatic carbocycles. The Morgan fingerprint density at radius 1 is 1.29 bits per heavy atom. The Hall–Kier alpha value is -0.570. The molecule has 0 amide bonds. The second-order valence-corrected chi connectivity index (χ2v) is 5.75. The van der Waals surface area contributed by atoms with Crippen molar-refractivity contribution in [3.8, 4) is 0 Å². The summed E-state index contributed by atoms with van der Waals surface area (Å²) in [6, 6.07) is 0.708. The van der Waals surface area contributed by atoms with E-state index in [2.05, 4.69) is 18.7 Å². The first-order valence-electron chi connectivity index (χ1n) is 7.15. The maximum Gasteiger partial charge on any atom is 0.320 e. The highest BCUT2D eigenvalue weighted by atomic mass is 16.4. The molecule has 0 aromatic rings. The summed E-state index contributed by atoms with van der Waals surface area (Å²) in [6.07, 6.45) is 8.15. The normalized spacial score (nSPS) is 36.2. The molecule has 4 unspecified atom stereocenters. The van der Waals surface area contributed by atoms with Gasteiger partial charge in [0, 0.05) is 12.1 Å². The molecule has 1 saturated heterocycles. The largest absolute Gasteiger partial charge is 0.480 e. The molecule has 1 heterocycles. The third-order valence-corrected chi connectivity index (χ3v) is 4.81. The van der Waals surface area contributed by atoms with Crippen LogP contribution in [0.15, 0.2) is 0 Å². The molecule has 1 aliphatic heterocycles. The summed E-state index contributed by atoms with van der Waals surface area (Å²) >= 11 is 0. The molecule has 0 radical (unpaired) electrons. The van der Waals surface area contributed by atoms with E-state index in [0.29, 0.717) is 12.1 Å². The number of nitrogens with zero attached hydrogens (tertiary/aromatic N) is 1. The zero-order valence-corrected chi connectivity index (χ0v) is 11.1. The maximum atomic E-state index is 11.4. The van der Waals surface area contributed by atoms with Crippen molar-refractivity contribution < 1.29 is 9.90 Å². The first-order chi connectivity index (χ1) is 8.15. The van der Waals surface area contributed by atoms with Gasteiger partial charge in [-0.3, -0.25) is 9.69 Å². The van der Waals surface area contributed by atoms with Crippen LogP contribution in [0.4, 0.5) is 0 Å². The molecule has 0 bridgehead atoms. The predicted octanol–water partition coefficient (Wildman–Crippen LogP) is 2.89. The van der Waals surface area contributed by atoms with Gasteiger partial charge in [0.05, 0.1) is 0 Å². The van der Waals surface area contributed by atoms with Crippen molar-refractivity contribution >= 4 is 5.97 Å². The summed E-state index contributed by atoms with van der Waals surface area (Å²) in [5, 5.41) is 9.40. The topological polar surface area (TPSA) is 40.5 Å². The van der Waals surface area contributed by atoms with Crippen molar-refractivity contribution in [3.63, 3.8) is 0 Å². The molecule has 3 heteroatoms. The van der Waals surface area contributed by atoms with Crippen LogP contribution in [-0.2, 0) is 4.79 Å². The molecule has 4 atom stereocenters. The fraction of sp³-hybridized carbons (Fsp3) is 0.929. The van der Waals surface area contributed by atoms with Gasteiger partial charge in [0.15, 0.2) is 0 Å². The molecular formula is C14H25NO2. The molecule has 2 fully saturated rings. The van der Waals surface area contributed by atoms with Crippen LogP contribution in [0.5, 0.6) is 0 Å². The van der Waals surface area contributed by atoms with E-state index in [4.69, 9.17) is 0 Å². The van der Waals surface area contributed by atoms with Crippen LogP contribution in [0, 0.1) is 5.92 Å². The third-order valence-electron chi connectivity index (χ3n) is 4.81. The minimum atomic E-state index is -0.616. The Kier molecular flexibility index (Phi) is 4.08. The monoisotopic (exact) mass is 239 g/mol. The summed E-state index contributed by atoms with van der Waals surface area (Å²) in [7, 11) is 0. The first-order valence-corrected chi connectivity index (χ1v) is 7.15. The Morgan fingerprint density at radius 2 is 2.00 bits per heavy atom. The van der Waals surface area contributed by atoms with Crippen LogP contribution in [0.25, 0.3) is 0 Å². The van der Waals surface area contributed by atoms with Crippen molar-refractivity contribution in [1.29, 1.82) is 0 Å². The van der Waals surface area contributed by atoms with Crippen molar-refractivity contribution in [2.24, 2.45) is 5.92 Å². The van der Waals surface area contributed by atoms with E-state index >= 15 is 0 Å². The maximum absolute atomic E-state index is 11.4. The summed E-state index contributed by atoms with van der Waals surface area (Å²) < 4.78 is 0. The highest BCUT2D eigenvalue weighted by molar-refractivity contribution is 5.73. The van der Waals surface area contributed by atoms with Gasteiger partial charge in [-0.2, -0.15) is 0 Å². The van der Waals surface area contributed by atoms with Crippen molar-refractivity contribution in [3.05, 3.63) is 0 Å². The summed E-state index contributed by atoms with van der Waals surface area (Å²) in [5.41, 5.74) is 0. The highest BCUT2D eigenvalue weighted by Gasteiger charge is 2.42. The minimum absolute atomic E-state index is 0.232. The number of hydrogen-bond acceptors (Lipinski definition) is 2. The van der Waals surface area contributed by atoms with Crippen LogP contribution < -0.4 is 0 Å². The molecule has 1 saturated carbocycles. The quantitative estimate of drug-likeness (QED) is 0.823. The fourth-order valence-corrected chi connectivity index (χ4v) is 3.77. The van der Waals surface area contributed by atoms with Crippen LogP contribution in [0.1, 0.15) is 58.8 Å². The molecule has 1 aliphatic carbocycles. The van der Waals surface area contributed by atoms with Crippen LogP contribution in [0.2, 0.25) is 0 Å². The molecule has 2 aliphatic rings. The smallest absolute Gasteiger partial charge is 0.320 e. The second-order valence-electron chi connectivity index (χ2n) is 5.75. The zero-order valence-electron chi connectivity index (χ0n) is 11.1. The first kappa shape index (κ1) is 12.9. The van der Waals surface area contributed by atoms with Gasteiger partial charge in [-0.25, -0.2) is 0 Å². The molecule has 1 N–H and O–H groups in total. The van der Waals surface area contributed by atoms with E-state index in [1.807, 2.05) is 0 Å². The number of rotatable bonds is 3. The van der Waals surface area contributed by atoms with Gasteiger partial charge in [-0.05, 0) is 44.9 Å². The SMILES string of the molecule is CCC(C)N1C(C(=O)O)CCC2CCCCC21. The number of carbonyl (C=O) groups is 1. The van der Waals surface area contributed by atoms with E-state index in [0.717, 1.165) is 25.2 Å². The molecule has 2 rings (SSSR count). The molecule has 0 spiro atoms. The van der Waals surface area contributed by atoms with Gasteiger partial charge in [-0.15, -0.1) is 0 Å². The number of hydrogen-bond donors (Lipinski definition) is 1.